The standard InChI is InChI=1S/C14H16N4O/c1-17-9-7-15-13(17)6-5-12(19)11-10-18-8-3-2-4-14(18)16-11/h2-4,7-10,12,19H,5-6H2,1H3. The van der Waals surface area contributed by atoms with Gasteiger partial charge in [0.15, 0.2) is 0 Å². The van der Waals surface area contributed by atoms with Crippen LogP contribution in [-0.2, 0) is 13.5 Å². The average molecular weight is 256 g/mol. The highest BCUT2D eigenvalue weighted by molar-refractivity contribution is 5.39. The topological polar surface area (TPSA) is 55.3 Å². The van der Waals surface area contributed by atoms with E-state index in [4.69, 9.17) is 0 Å². The molecule has 0 saturated heterocycles. The van der Waals surface area contributed by atoms with Gasteiger partial charge < -0.3 is 14.1 Å². The Bertz CT molecular complexity index is 652. The molecule has 0 fully saturated rings. The normalized spacial score (nSPS) is 12.9. The Morgan fingerprint density at radius 3 is 2.95 bits per heavy atom. The lowest BCUT2D eigenvalue weighted by molar-refractivity contribution is 0.162. The highest BCUT2D eigenvalue weighted by atomic mass is 16.3. The summed E-state index contributed by atoms with van der Waals surface area (Å²) >= 11 is 0. The Balaban J connectivity index is 1.73. The molecular weight excluding hydrogens is 240 g/mol. The van der Waals surface area contributed by atoms with E-state index in [0.717, 1.165) is 17.9 Å². The number of pyridine rings is 1. The van der Waals surface area contributed by atoms with Gasteiger partial charge in [-0.2, -0.15) is 0 Å². The molecular formula is C14H16N4O. The number of imidazole rings is 2. The number of nitrogens with zero attached hydrogens (tertiary/aromatic N) is 4. The first-order valence-electron chi connectivity index (χ1n) is 6.32. The monoisotopic (exact) mass is 256 g/mol. The Morgan fingerprint density at radius 1 is 1.32 bits per heavy atom. The molecule has 0 aliphatic carbocycles. The summed E-state index contributed by atoms with van der Waals surface area (Å²) in [6.07, 6.45) is 8.28. The van der Waals surface area contributed by atoms with Crippen LogP contribution in [0.2, 0.25) is 0 Å². The van der Waals surface area contributed by atoms with E-state index in [9.17, 15) is 5.11 Å². The largest absolute Gasteiger partial charge is 0.387 e. The predicted molar refractivity (Wildman–Crippen MR) is 71.7 cm³/mol. The molecule has 98 valence electrons. The summed E-state index contributed by atoms with van der Waals surface area (Å²) in [7, 11) is 1.96. The zero-order valence-corrected chi connectivity index (χ0v) is 10.8. The summed E-state index contributed by atoms with van der Waals surface area (Å²) in [5, 5.41) is 10.2. The summed E-state index contributed by atoms with van der Waals surface area (Å²) in [6.45, 7) is 0. The number of aromatic nitrogens is 4. The van der Waals surface area contributed by atoms with E-state index in [0.29, 0.717) is 12.1 Å². The predicted octanol–water partition coefficient (Wildman–Crippen LogP) is 1.73. The SMILES string of the molecule is Cn1ccnc1CCC(O)c1cn2ccccc2n1. The number of hydrogen-bond acceptors (Lipinski definition) is 3. The molecule has 3 aromatic rings. The van der Waals surface area contributed by atoms with Crippen molar-refractivity contribution in [1.82, 2.24) is 18.9 Å². The molecule has 5 nitrogen and oxygen atoms in total. The van der Waals surface area contributed by atoms with Gasteiger partial charge in [-0.15, -0.1) is 0 Å². The molecule has 0 aliphatic heterocycles. The van der Waals surface area contributed by atoms with Gasteiger partial charge in [0.05, 0.1) is 11.8 Å². The van der Waals surface area contributed by atoms with Crippen LogP contribution in [0.4, 0.5) is 0 Å². The van der Waals surface area contributed by atoms with E-state index in [1.165, 1.54) is 0 Å². The van der Waals surface area contributed by atoms with Gasteiger partial charge in [0.25, 0.3) is 0 Å². The number of aliphatic hydroxyl groups is 1. The fourth-order valence-corrected chi connectivity index (χ4v) is 2.17. The third-order valence-electron chi connectivity index (χ3n) is 3.29. The lowest BCUT2D eigenvalue weighted by atomic mass is 10.1. The maximum Gasteiger partial charge on any atom is 0.137 e. The molecule has 3 aromatic heterocycles. The molecule has 5 heteroatoms. The van der Waals surface area contributed by atoms with E-state index in [2.05, 4.69) is 9.97 Å². The van der Waals surface area contributed by atoms with Gasteiger partial charge in [-0.3, -0.25) is 0 Å². The second-order valence-corrected chi connectivity index (χ2v) is 4.64. The minimum atomic E-state index is -0.559. The van der Waals surface area contributed by atoms with E-state index < -0.39 is 6.10 Å². The zero-order valence-electron chi connectivity index (χ0n) is 10.8. The molecule has 0 amide bonds. The molecule has 1 unspecified atom stereocenters. The van der Waals surface area contributed by atoms with Gasteiger partial charge >= 0.3 is 0 Å². The van der Waals surface area contributed by atoms with Gasteiger partial charge in [-0.05, 0) is 18.6 Å². The highest BCUT2D eigenvalue weighted by Gasteiger charge is 2.13. The molecule has 0 bridgehead atoms. The Kier molecular flexibility index (Phi) is 3.05. The molecule has 0 saturated carbocycles. The average Bonchev–Trinajstić information content (AvgIpc) is 3.01. The van der Waals surface area contributed by atoms with Crippen molar-refractivity contribution in [3.63, 3.8) is 0 Å². The summed E-state index contributed by atoms with van der Waals surface area (Å²) in [5.74, 6) is 0.975. The molecule has 0 radical (unpaired) electrons. The van der Waals surface area contributed by atoms with Crippen molar-refractivity contribution >= 4 is 5.65 Å². The summed E-state index contributed by atoms with van der Waals surface area (Å²) in [4.78, 5) is 8.67. The van der Waals surface area contributed by atoms with Crippen LogP contribution >= 0.6 is 0 Å². The summed E-state index contributed by atoms with van der Waals surface area (Å²) < 4.78 is 3.88. The van der Waals surface area contributed by atoms with Crippen LogP contribution in [0.1, 0.15) is 24.0 Å². The van der Waals surface area contributed by atoms with Crippen LogP contribution in [-0.4, -0.2) is 24.0 Å². The van der Waals surface area contributed by atoms with Crippen LogP contribution in [0.5, 0.6) is 0 Å². The van der Waals surface area contributed by atoms with Crippen molar-refractivity contribution in [1.29, 1.82) is 0 Å². The lowest BCUT2D eigenvalue weighted by Crippen LogP contribution is -2.03. The van der Waals surface area contributed by atoms with Gasteiger partial charge in [0.1, 0.15) is 11.5 Å². The van der Waals surface area contributed by atoms with E-state index in [1.54, 1.807) is 6.20 Å². The molecule has 0 spiro atoms. The molecule has 19 heavy (non-hydrogen) atoms. The first-order chi connectivity index (χ1) is 9.24. The zero-order chi connectivity index (χ0) is 13.2. The molecule has 1 N–H and O–H groups in total. The lowest BCUT2D eigenvalue weighted by Gasteiger charge is -2.07. The van der Waals surface area contributed by atoms with Crippen molar-refractivity contribution in [2.45, 2.75) is 18.9 Å². The van der Waals surface area contributed by atoms with Crippen LogP contribution in [0, 0.1) is 0 Å². The quantitative estimate of drug-likeness (QED) is 0.773. The second-order valence-electron chi connectivity index (χ2n) is 4.64. The fraction of sp³-hybridized carbons (Fsp3) is 0.286. The number of aryl methyl sites for hydroxylation is 2. The molecule has 3 rings (SSSR count). The van der Waals surface area contributed by atoms with Crippen molar-refractivity contribution < 1.29 is 5.11 Å². The third-order valence-corrected chi connectivity index (χ3v) is 3.29. The minimum absolute atomic E-state index is 0.559. The van der Waals surface area contributed by atoms with Crippen LogP contribution in [0.15, 0.2) is 43.0 Å². The molecule has 1 atom stereocenters. The Labute approximate surface area is 111 Å². The van der Waals surface area contributed by atoms with Gasteiger partial charge in [0.2, 0.25) is 0 Å². The fourth-order valence-electron chi connectivity index (χ4n) is 2.17. The second kappa shape index (κ2) is 4.85. The third kappa shape index (κ3) is 2.37. The van der Waals surface area contributed by atoms with Crippen molar-refractivity contribution in [2.75, 3.05) is 0 Å². The first-order valence-corrected chi connectivity index (χ1v) is 6.32. The van der Waals surface area contributed by atoms with E-state index in [-0.39, 0.29) is 0 Å². The summed E-state index contributed by atoms with van der Waals surface area (Å²) in [6, 6.07) is 5.81. The smallest absolute Gasteiger partial charge is 0.137 e. The number of aliphatic hydroxyl groups excluding tert-OH is 1. The molecule has 3 heterocycles. The van der Waals surface area contributed by atoms with E-state index in [1.807, 2.05) is 52.8 Å². The van der Waals surface area contributed by atoms with Crippen molar-refractivity contribution in [3.05, 3.63) is 54.5 Å². The van der Waals surface area contributed by atoms with Gasteiger partial charge in [0, 0.05) is 38.3 Å². The van der Waals surface area contributed by atoms with Crippen LogP contribution in [0.3, 0.4) is 0 Å². The Morgan fingerprint density at radius 2 is 2.21 bits per heavy atom. The molecule has 0 aliphatic rings. The van der Waals surface area contributed by atoms with E-state index >= 15 is 0 Å². The van der Waals surface area contributed by atoms with Crippen LogP contribution < -0.4 is 0 Å². The highest BCUT2D eigenvalue weighted by Crippen LogP contribution is 2.18. The van der Waals surface area contributed by atoms with Crippen LogP contribution in [0.25, 0.3) is 5.65 Å². The van der Waals surface area contributed by atoms with Gasteiger partial charge in [-0.1, -0.05) is 6.07 Å². The van der Waals surface area contributed by atoms with Crippen molar-refractivity contribution in [3.8, 4) is 0 Å². The first kappa shape index (κ1) is 11.9. The minimum Gasteiger partial charge on any atom is -0.387 e. The Hall–Kier alpha value is -2.14. The maximum absolute atomic E-state index is 10.2. The van der Waals surface area contributed by atoms with Crippen molar-refractivity contribution in [2.24, 2.45) is 7.05 Å². The number of rotatable bonds is 4. The van der Waals surface area contributed by atoms with Gasteiger partial charge in [-0.25, -0.2) is 9.97 Å². The number of fused-ring (bicyclic) bond motifs is 1. The maximum atomic E-state index is 10.2. The number of hydrogen-bond donors (Lipinski definition) is 1. The molecule has 0 aromatic carbocycles. The summed E-state index contributed by atoms with van der Waals surface area (Å²) in [5.41, 5.74) is 1.56.